The number of anilines is 3. The summed E-state index contributed by atoms with van der Waals surface area (Å²) in [5.74, 6) is 0. The van der Waals surface area contributed by atoms with Gasteiger partial charge in [-0.1, -0.05) is 172 Å². The minimum absolute atomic E-state index is 0.159. The summed E-state index contributed by atoms with van der Waals surface area (Å²) in [5, 5.41) is 4.56. The molecule has 0 aliphatic heterocycles. The van der Waals surface area contributed by atoms with E-state index in [1.54, 1.807) is 0 Å². The Bertz CT molecular complexity index is 3830. The van der Waals surface area contributed by atoms with Crippen molar-refractivity contribution in [2.75, 3.05) is 4.90 Å². The average Bonchev–Trinajstić information content (AvgIpc) is 4.02. The van der Waals surface area contributed by atoms with Gasteiger partial charge in [0.25, 0.3) is 0 Å². The second-order valence-corrected chi connectivity index (χ2v) is 18.0. The summed E-state index contributed by atoms with van der Waals surface area (Å²) in [4.78, 5) is 2.38. The lowest BCUT2D eigenvalue weighted by atomic mass is 9.81. The first-order chi connectivity index (χ1) is 32.5. The second-order valence-electron chi connectivity index (χ2n) is 18.0. The fourth-order valence-corrected chi connectivity index (χ4v) is 10.5. The number of nitrogens with zero attached hydrogens (tertiary/aromatic N) is 1. The lowest BCUT2D eigenvalue weighted by molar-refractivity contribution is 0.660. The molecule has 0 N–H and O–H groups in total. The molecule has 0 spiro atoms. The van der Waals surface area contributed by atoms with Crippen LogP contribution in [-0.2, 0) is 5.41 Å². The quantitative estimate of drug-likeness (QED) is 0.160. The SMILES string of the molecule is CC1(C)c2ccc(-c3ccc(N(c4ccc(-c5ccc6oc7ccccc7c6c5)cc4)c4ccccc4-c4ccccc4)cc3)cc2-c2ccc(-c3cccc4c3oc3ccccc34)cc21. The van der Waals surface area contributed by atoms with Crippen LogP contribution in [0.1, 0.15) is 25.0 Å². The van der Waals surface area contributed by atoms with Gasteiger partial charge in [-0.15, -0.1) is 0 Å². The third kappa shape index (κ3) is 6.04. The maximum Gasteiger partial charge on any atom is 0.143 e. The first-order valence-electron chi connectivity index (χ1n) is 22.7. The van der Waals surface area contributed by atoms with Gasteiger partial charge in [0.2, 0.25) is 0 Å². The van der Waals surface area contributed by atoms with Gasteiger partial charge in [-0.05, 0) is 122 Å². The smallest absolute Gasteiger partial charge is 0.143 e. The molecule has 66 heavy (non-hydrogen) atoms. The maximum absolute atomic E-state index is 6.47. The zero-order valence-electron chi connectivity index (χ0n) is 36.6. The zero-order valence-corrected chi connectivity index (χ0v) is 36.6. The Kier molecular flexibility index (Phi) is 8.56. The van der Waals surface area contributed by atoms with Gasteiger partial charge in [0.1, 0.15) is 22.3 Å². The number of hydrogen-bond donors (Lipinski definition) is 0. The first kappa shape index (κ1) is 38.1. The standard InChI is InChI=1S/C63H43NO2/c1-63(2)56-35-28-43(37-54(56)50-34-27-45(39-57(50)63)49-18-12-19-53-51-16-7-11-22-60(51)66-62(49)53)40-23-30-46(31-24-40)64(58-20-9-6-15-48(58)42-13-4-3-5-14-42)47-32-25-41(26-33-47)44-29-36-61-55(38-44)52-17-8-10-21-59(52)65-61/h3-39H,1-2H3. The first-order valence-corrected chi connectivity index (χ1v) is 22.7. The Balaban J connectivity index is 0.863. The van der Waals surface area contributed by atoms with E-state index in [4.69, 9.17) is 8.83 Å². The van der Waals surface area contributed by atoms with E-state index in [-0.39, 0.29) is 5.41 Å². The number of fused-ring (bicyclic) bond motifs is 9. The highest BCUT2D eigenvalue weighted by Crippen LogP contribution is 2.51. The molecule has 0 unspecified atom stereocenters. The predicted molar refractivity (Wildman–Crippen MR) is 275 cm³/mol. The largest absolute Gasteiger partial charge is 0.456 e. The van der Waals surface area contributed by atoms with Crippen LogP contribution in [-0.4, -0.2) is 0 Å². The molecular weight excluding hydrogens is 803 g/mol. The van der Waals surface area contributed by atoms with Crippen LogP contribution in [0.15, 0.2) is 233 Å². The summed E-state index contributed by atoms with van der Waals surface area (Å²) in [7, 11) is 0. The van der Waals surface area contributed by atoms with Crippen LogP contribution in [0, 0.1) is 0 Å². The van der Waals surface area contributed by atoms with Crippen LogP contribution in [0.4, 0.5) is 17.1 Å². The summed E-state index contributed by atoms with van der Waals surface area (Å²) in [6.07, 6.45) is 0. The molecule has 12 aromatic rings. The molecule has 3 heteroatoms. The number of hydrogen-bond acceptors (Lipinski definition) is 3. The molecule has 3 nitrogen and oxygen atoms in total. The Morgan fingerprint density at radius 1 is 0.318 bits per heavy atom. The number of furan rings is 2. The van der Waals surface area contributed by atoms with E-state index < -0.39 is 0 Å². The summed E-state index contributed by atoms with van der Waals surface area (Å²) in [6.45, 7) is 4.71. The Morgan fingerprint density at radius 3 is 1.64 bits per heavy atom. The second kappa shape index (κ2) is 14.8. The summed E-state index contributed by atoms with van der Waals surface area (Å²) in [6, 6.07) is 80.9. The van der Waals surface area contributed by atoms with Gasteiger partial charge >= 0.3 is 0 Å². The van der Waals surface area contributed by atoms with Gasteiger partial charge in [-0.3, -0.25) is 0 Å². The fraction of sp³-hybridized carbons (Fsp3) is 0.0476. The van der Waals surface area contributed by atoms with Crippen LogP contribution in [0.25, 0.3) is 99.5 Å². The molecule has 10 aromatic carbocycles. The lowest BCUT2D eigenvalue weighted by Gasteiger charge is -2.28. The van der Waals surface area contributed by atoms with E-state index in [0.717, 1.165) is 77.6 Å². The molecule has 312 valence electrons. The summed E-state index contributed by atoms with van der Waals surface area (Å²) >= 11 is 0. The Morgan fingerprint density at radius 2 is 0.879 bits per heavy atom. The van der Waals surface area contributed by atoms with Crippen LogP contribution < -0.4 is 4.90 Å². The maximum atomic E-state index is 6.47. The molecule has 13 rings (SSSR count). The van der Waals surface area contributed by atoms with Crippen molar-refractivity contribution in [2.45, 2.75) is 19.3 Å². The van der Waals surface area contributed by atoms with E-state index >= 15 is 0 Å². The normalized spacial score (nSPS) is 12.8. The number of rotatable bonds is 7. The molecule has 0 atom stereocenters. The van der Waals surface area contributed by atoms with E-state index in [9.17, 15) is 0 Å². The highest BCUT2D eigenvalue weighted by atomic mass is 16.3. The number of para-hydroxylation sites is 4. The van der Waals surface area contributed by atoms with E-state index in [1.165, 1.54) is 50.1 Å². The van der Waals surface area contributed by atoms with Crippen molar-refractivity contribution in [3.8, 4) is 55.6 Å². The minimum atomic E-state index is -0.159. The summed E-state index contributed by atoms with van der Waals surface area (Å²) < 4.78 is 12.6. The highest BCUT2D eigenvalue weighted by Gasteiger charge is 2.36. The molecule has 0 saturated carbocycles. The predicted octanol–water partition coefficient (Wildman–Crippen LogP) is 17.9. The summed E-state index contributed by atoms with van der Waals surface area (Å²) in [5.41, 5.74) is 21.4. The topological polar surface area (TPSA) is 29.5 Å². The van der Waals surface area contributed by atoms with Crippen molar-refractivity contribution in [2.24, 2.45) is 0 Å². The molecule has 1 aliphatic carbocycles. The molecule has 2 heterocycles. The van der Waals surface area contributed by atoms with Gasteiger partial charge in [-0.2, -0.15) is 0 Å². The molecule has 0 amide bonds. The molecule has 2 aromatic heterocycles. The van der Waals surface area contributed by atoms with Gasteiger partial charge in [-0.25, -0.2) is 0 Å². The molecule has 0 fully saturated rings. The highest BCUT2D eigenvalue weighted by molar-refractivity contribution is 6.10. The van der Waals surface area contributed by atoms with Crippen molar-refractivity contribution in [3.05, 3.63) is 236 Å². The van der Waals surface area contributed by atoms with Crippen LogP contribution >= 0.6 is 0 Å². The van der Waals surface area contributed by atoms with Crippen molar-refractivity contribution < 1.29 is 8.83 Å². The van der Waals surface area contributed by atoms with Gasteiger partial charge in [0.05, 0.1) is 5.69 Å². The van der Waals surface area contributed by atoms with Gasteiger partial charge < -0.3 is 13.7 Å². The van der Waals surface area contributed by atoms with E-state index in [2.05, 4.69) is 225 Å². The van der Waals surface area contributed by atoms with Crippen LogP contribution in [0.5, 0.6) is 0 Å². The third-order valence-electron chi connectivity index (χ3n) is 13.9. The molecule has 0 bridgehead atoms. The number of benzene rings is 10. The zero-order chi connectivity index (χ0) is 43.9. The van der Waals surface area contributed by atoms with Gasteiger partial charge in [0, 0.05) is 49.5 Å². The van der Waals surface area contributed by atoms with Crippen molar-refractivity contribution in [1.82, 2.24) is 0 Å². The average molecular weight is 846 g/mol. The lowest BCUT2D eigenvalue weighted by Crippen LogP contribution is -2.15. The van der Waals surface area contributed by atoms with Crippen molar-refractivity contribution in [3.63, 3.8) is 0 Å². The fourth-order valence-electron chi connectivity index (χ4n) is 10.5. The van der Waals surface area contributed by atoms with Gasteiger partial charge in [0.15, 0.2) is 0 Å². The van der Waals surface area contributed by atoms with Crippen LogP contribution in [0.2, 0.25) is 0 Å². The monoisotopic (exact) mass is 845 g/mol. The van der Waals surface area contributed by atoms with Crippen LogP contribution in [0.3, 0.4) is 0 Å². The molecule has 0 saturated heterocycles. The van der Waals surface area contributed by atoms with E-state index in [1.807, 2.05) is 18.2 Å². The molecule has 1 aliphatic rings. The molecular formula is C63H43NO2. The van der Waals surface area contributed by atoms with E-state index in [0.29, 0.717) is 0 Å². The van der Waals surface area contributed by atoms with Crippen molar-refractivity contribution in [1.29, 1.82) is 0 Å². The van der Waals surface area contributed by atoms with Crippen molar-refractivity contribution >= 4 is 60.9 Å². The minimum Gasteiger partial charge on any atom is -0.456 e. The molecule has 0 radical (unpaired) electrons. The third-order valence-corrected chi connectivity index (χ3v) is 13.9. The Labute approximate surface area is 383 Å². The Hall–Kier alpha value is -8.40.